The largest absolute Gasteiger partial charge is 0.288 e. The predicted octanol–water partition coefficient (Wildman–Crippen LogP) is 4.68. The van der Waals surface area contributed by atoms with Gasteiger partial charge >= 0.3 is 0 Å². The van der Waals surface area contributed by atoms with Crippen molar-refractivity contribution in [1.82, 2.24) is 9.78 Å². The molecule has 0 aliphatic heterocycles. The first-order valence-electron chi connectivity index (χ1n) is 6.47. The Labute approximate surface area is 137 Å². The highest BCUT2D eigenvalue weighted by atomic mass is 79.9. The molecular weight excluding hydrogens is 352 g/mol. The Morgan fingerprint density at radius 3 is 2.71 bits per heavy atom. The van der Waals surface area contributed by atoms with Gasteiger partial charge in [0.15, 0.2) is 0 Å². The summed E-state index contributed by atoms with van der Waals surface area (Å²) in [6.45, 7) is 2.57. The van der Waals surface area contributed by atoms with Crippen molar-refractivity contribution in [3.05, 3.63) is 69.4 Å². The van der Waals surface area contributed by atoms with E-state index in [1.54, 1.807) is 23.0 Å². The highest BCUT2D eigenvalue weighted by molar-refractivity contribution is 9.10. The molecule has 0 saturated heterocycles. The van der Waals surface area contributed by atoms with Gasteiger partial charge < -0.3 is 0 Å². The number of aryl methyl sites for hydroxylation is 1. The van der Waals surface area contributed by atoms with Crippen LogP contribution < -0.4 is 0 Å². The van der Waals surface area contributed by atoms with Crippen LogP contribution in [0.3, 0.4) is 0 Å². The van der Waals surface area contributed by atoms with Gasteiger partial charge in [0.05, 0.1) is 10.7 Å². The number of allylic oxidation sites excluding steroid dienone is 3. The number of rotatable bonds is 5. The minimum absolute atomic E-state index is 0.138. The second kappa shape index (κ2) is 7.38. The quantitative estimate of drug-likeness (QED) is 0.438. The molecule has 5 heteroatoms. The number of ketones is 1. The summed E-state index contributed by atoms with van der Waals surface area (Å²) in [5.41, 5.74) is 1.51. The average molecular weight is 366 g/mol. The molecule has 0 bridgehead atoms. The summed E-state index contributed by atoms with van der Waals surface area (Å²) in [7, 11) is 0. The zero-order valence-electron chi connectivity index (χ0n) is 11.5. The van der Waals surface area contributed by atoms with Crippen molar-refractivity contribution < 1.29 is 4.79 Å². The molecule has 0 saturated carbocycles. The summed E-state index contributed by atoms with van der Waals surface area (Å²) in [4.78, 5) is 12.2. The first kappa shape index (κ1) is 15.7. The maximum atomic E-state index is 12.2. The minimum atomic E-state index is -0.138. The Bertz CT molecular complexity index is 690. The van der Waals surface area contributed by atoms with Gasteiger partial charge in [0.25, 0.3) is 0 Å². The fourth-order valence-corrected chi connectivity index (χ4v) is 2.52. The van der Waals surface area contributed by atoms with Crippen LogP contribution >= 0.6 is 27.5 Å². The van der Waals surface area contributed by atoms with Crippen molar-refractivity contribution in [1.29, 1.82) is 0 Å². The Morgan fingerprint density at radius 2 is 2.05 bits per heavy atom. The number of nitrogens with zero attached hydrogens (tertiary/aromatic N) is 2. The van der Waals surface area contributed by atoms with Crippen molar-refractivity contribution in [3.8, 4) is 0 Å². The molecule has 2 aromatic rings. The average Bonchev–Trinajstić information content (AvgIpc) is 2.87. The highest BCUT2D eigenvalue weighted by Crippen LogP contribution is 2.18. The van der Waals surface area contributed by atoms with Crippen molar-refractivity contribution in [2.75, 3.05) is 0 Å². The fourth-order valence-electron chi connectivity index (χ4n) is 1.84. The van der Waals surface area contributed by atoms with Crippen LogP contribution in [0.5, 0.6) is 0 Å². The summed E-state index contributed by atoms with van der Waals surface area (Å²) in [6.07, 6.45) is 6.47. The van der Waals surface area contributed by atoms with Gasteiger partial charge in [-0.1, -0.05) is 41.9 Å². The fraction of sp³-hybridized carbons (Fsp3) is 0.125. The van der Waals surface area contributed by atoms with Crippen LogP contribution in [0.15, 0.2) is 58.2 Å². The standard InChI is InChI=1S/C16H14BrClN2O/c1-2-20-16(14(17)11-19-20)15(21)9-8-13(18)10-12-6-4-3-5-7-12/h3-11H,2H2,1H3/b9-8+,13-10-. The molecule has 1 heterocycles. The number of hydrogen-bond donors (Lipinski definition) is 0. The number of aromatic nitrogens is 2. The van der Waals surface area contributed by atoms with Gasteiger partial charge in [0, 0.05) is 11.6 Å². The molecule has 0 fully saturated rings. The van der Waals surface area contributed by atoms with E-state index in [0.29, 0.717) is 21.7 Å². The third-order valence-corrected chi connectivity index (χ3v) is 3.64. The third kappa shape index (κ3) is 4.16. The van der Waals surface area contributed by atoms with Crippen LogP contribution in [0, 0.1) is 0 Å². The molecule has 0 aliphatic rings. The molecule has 21 heavy (non-hydrogen) atoms. The summed E-state index contributed by atoms with van der Waals surface area (Å²) >= 11 is 9.46. The lowest BCUT2D eigenvalue weighted by atomic mass is 10.2. The number of benzene rings is 1. The molecule has 0 spiro atoms. The van der Waals surface area contributed by atoms with E-state index in [0.717, 1.165) is 5.56 Å². The van der Waals surface area contributed by atoms with Crippen LogP contribution in [0.2, 0.25) is 0 Å². The van der Waals surface area contributed by atoms with Crippen molar-refractivity contribution >= 4 is 39.4 Å². The molecule has 108 valence electrons. The lowest BCUT2D eigenvalue weighted by Crippen LogP contribution is -2.07. The zero-order valence-corrected chi connectivity index (χ0v) is 13.8. The van der Waals surface area contributed by atoms with Crippen molar-refractivity contribution in [2.24, 2.45) is 0 Å². The molecule has 3 nitrogen and oxygen atoms in total. The second-order valence-electron chi connectivity index (χ2n) is 4.29. The SMILES string of the molecule is CCn1ncc(Br)c1C(=O)/C=C/C(Cl)=C/c1ccccc1. The Hall–Kier alpha value is -1.65. The van der Waals surface area contributed by atoms with E-state index in [1.165, 1.54) is 6.08 Å². The van der Waals surface area contributed by atoms with Crippen LogP contribution in [0.4, 0.5) is 0 Å². The van der Waals surface area contributed by atoms with Crippen LogP contribution in [-0.2, 0) is 6.54 Å². The number of halogens is 2. The maximum Gasteiger partial charge on any atom is 0.205 e. The molecule has 2 rings (SSSR count). The van der Waals surface area contributed by atoms with E-state index in [4.69, 9.17) is 11.6 Å². The number of carbonyl (C=O) groups is 1. The van der Waals surface area contributed by atoms with Crippen molar-refractivity contribution in [3.63, 3.8) is 0 Å². The summed E-state index contributed by atoms with van der Waals surface area (Å²) in [5, 5.41) is 4.61. The van der Waals surface area contributed by atoms with Crippen LogP contribution in [0.25, 0.3) is 6.08 Å². The molecular formula is C16H14BrClN2O. The van der Waals surface area contributed by atoms with Gasteiger partial charge in [-0.25, -0.2) is 0 Å². The lowest BCUT2D eigenvalue weighted by Gasteiger charge is -2.01. The smallest absolute Gasteiger partial charge is 0.205 e. The first-order valence-corrected chi connectivity index (χ1v) is 7.65. The molecule has 0 unspecified atom stereocenters. The van der Waals surface area contributed by atoms with E-state index in [2.05, 4.69) is 21.0 Å². The van der Waals surface area contributed by atoms with Gasteiger partial charge in [-0.15, -0.1) is 0 Å². The Kier molecular flexibility index (Phi) is 5.53. The van der Waals surface area contributed by atoms with E-state index >= 15 is 0 Å². The molecule has 0 radical (unpaired) electrons. The van der Waals surface area contributed by atoms with Gasteiger partial charge in [-0.05, 0) is 46.6 Å². The van der Waals surface area contributed by atoms with E-state index in [9.17, 15) is 4.79 Å². The van der Waals surface area contributed by atoms with Gasteiger partial charge in [-0.2, -0.15) is 5.10 Å². The van der Waals surface area contributed by atoms with Gasteiger partial charge in [0.1, 0.15) is 5.69 Å². The van der Waals surface area contributed by atoms with Gasteiger partial charge in [0.2, 0.25) is 5.78 Å². The van der Waals surface area contributed by atoms with E-state index in [-0.39, 0.29) is 5.78 Å². The number of carbonyl (C=O) groups excluding carboxylic acids is 1. The first-order chi connectivity index (χ1) is 10.1. The number of hydrogen-bond acceptors (Lipinski definition) is 2. The van der Waals surface area contributed by atoms with E-state index in [1.807, 2.05) is 37.3 Å². The molecule has 0 aliphatic carbocycles. The third-order valence-electron chi connectivity index (χ3n) is 2.83. The molecule has 0 N–H and O–H groups in total. The van der Waals surface area contributed by atoms with Crippen LogP contribution in [0.1, 0.15) is 23.0 Å². The zero-order chi connectivity index (χ0) is 15.2. The minimum Gasteiger partial charge on any atom is -0.288 e. The topological polar surface area (TPSA) is 34.9 Å². The Morgan fingerprint density at radius 1 is 1.33 bits per heavy atom. The molecule has 0 atom stereocenters. The second-order valence-corrected chi connectivity index (χ2v) is 5.59. The van der Waals surface area contributed by atoms with Gasteiger partial charge in [-0.3, -0.25) is 9.48 Å². The highest BCUT2D eigenvalue weighted by Gasteiger charge is 2.13. The van der Waals surface area contributed by atoms with Crippen LogP contribution in [-0.4, -0.2) is 15.6 Å². The maximum absolute atomic E-state index is 12.2. The summed E-state index contributed by atoms with van der Waals surface area (Å²) in [6, 6.07) is 9.69. The molecule has 1 aromatic carbocycles. The summed E-state index contributed by atoms with van der Waals surface area (Å²) in [5.74, 6) is -0.138. The van der Waals surface area contributed by atoms with E-state index < -0.39 is 0 Å². The molecule has 1 aromatic heterocycles. The Balaban J connectivity index is 2.15. The lowest BCUT2D eigenvalue weighted by molar-refractivity contribution is 0.103. The normalized spacial score (nSPS) is 12.0. The monoisotopic (exact) mass is 364 g/mol. The summed E-state index contributed by atoms with van der Waals surface area (Å²) < 4.78 is 2.33. The predicted molar refractivity (Wildman–Crippen MR) is 89.3 cm³/mol. The molecule has 0 amide bonds. The van der Waals surface area contributed by atoms with Crippen molar-refractivity contribution in [2.45, 2.75) is 13.5 Å².